The van der Waals surface area contributed by atoms with Crippen molar-refractivity contribution in [2.24, 2.45) is 0 Å². The smallest absolute Gasteiger partial charge is 0.254 e. The van der Waals surface area contributed by atoms with E-state index in [-0.39, 0.29) is 24.5 Å². The first kappa shape index (κ1) is 17.8. The van der Waals surface area contributed by atoms with Crippen LogP contribution in [-0.2, 0) is 15.1 Å². The molecule has 5 rings (SSSR count). The molecule has 2 aliphatic heterocycles. The van der Waals surface area contributed by atoms with E-state index < -0.39 is 5.54 Å². The van der Waals surface area contributed by atoms with Crippen LogP contribution in [0, 0.1) is 0 Å². The van der Waals surface area contributed by atoms with Crippen LogP contribution >= 0.6 is 0 Å². The number of likely N-dealkylation sites (tertiary alicyclic amines) is 1. The Morgan fingerprint density at radius 3 is 2.90 bits per heavy atom. The molecule has 0 radical (unpaired) electrons. The monoisotopic (exact) mass is 391 g/mol. The molecule has 2 atom stereocenters. The number of aromatic nitrogens is 3. The summed E-state index contributed by atoms with van der Waals surface area (Å²) in [6.45, 7) is 0.982. The van der Waals surface area contributed by atoms with Gasteiger partial charge in [0.05, 0.1) is 5.54 Å². The van der Waals surface area contributed by atoms with E-state index in [2.05, 4.69) is 10.1 Å². The average molecular weight is 391 g/mol. The predicted molar refractivity (Wildman–Crippen MR) is 104 cm³/mol. The van der Waals surface area contributed by atoms with E-state index in [0.29, 0.717) is 30.7 Å². The minimum atomic E-state index is -0.565. The van der Waals surface area contributed by atoms with Crippen LogP contribution in [0.3, 0.4) is 0 Å². The topological polar surface area (TPSA) is 80.0 Å². The second-order valence-electron chi connectivity index (χ2n) is 7.52. The molecule has 29 heavy (non-hydrogen) atoms. The first-order chi connectivity index (χ1) is 14.1. The maximum Gasteiger partial charge on any atom is 0.254 e. The van der Waals surface area contributed by atoms with Crippen LogP contribution in [0.2, 0.25) is 0 Å². The van der Waals surface area contributed by atoms with Crippen molar-refractivity contribution in [1.82, 2.24) is 24.4 Å². The summed E-state index contributed by atoms with van der Waals surface area (Å²) in [5.41, 5.74) is 1.67. The van der Waals surface area contributed by atoms with Gasteiger partial charge >= 0.3 is 0 Å². The van der Waals surface area contributed by atoms with Gasteiger partial charge in [0, 0.05) is 31.9 Å². The van der Waals surface area contributed by atoms with Crippen molar-refractivity contribution in [3.05, 3.63) is 66.1 Å². The van der Waals surface area contributed by atoms with Gasteiger partial charge in [-0.1, -0.05) is 30.3 Å². The molecule has 8 heteroatoms. The van der Waals surface area contributed by atoms with Gasteiger partial charge in [-0.05, 0) is 24.1 Å². The normalized spacial score (nSPS) is 24.6. The van der Waals surface area contributed by atoms with E-state index in [4.69, 9.17) is 4.74 Å². The Bertz CT molecular complexity index is 1080. The molecule has 1 aromatic carbocycles. The molecule has 2 saturated heterocycles. The van der Waals surface area contributed by atoms with E-state index in [1.807, 2.05) is 37.4 Å². The number of rotatable bonds is 2. The molecule has 8 nitrogen and oxygen atoms in total. The Morgan fingerprint density at radius 2 is 2.07 bits per heavy atom. The molecule has 2 amide bonds. The molecule has 4 heterocycles. The maximum absolute atomic E-state index is 13.2. The molecule has 0 aliphatic carbocycles. The number of ether oxygens (including phenoxy) is 1. The zero-order valence-corrected chi connectivity index (χ0v) is 16.1. The van der Waals surface area contributed by atoms with Gasteiger partial charge in [0.25, 0.3) is 5.91 Å². The molecule has 0 spiro atoms. The number of hydrogen-bond donors (Lipinski definition) is 0. The number of carbonyl (C=O) groups excluding carboxylic acids is 2. The quantitative estimate of drug-likeness (QED) is 0.658. The van der Waals surface area contributed by atoms with Gasteiger partial charge in [-0.25, -0.2) is 9.50 Å². The molecule has 0 bridgehead atoms. The highest BCUT2D eigenvalue weighted by Crippen LogP contribution is 2.42. The lowest BCUT2D eigenvalue weighted by Crippen LogP contribution is -2.67. The van der Waals surface area contributed by atoms with Gasteiger partial charge in [0.2, 0.25) is 5.91 Å². The third-order valence-corrected chi connectivity index (χ3v) is 6.15. The second kappa shape index (κ2) is 6.66. The zero-order chi connectivity index (χ0) is 20.0. The summed E-state index contributed by atoms with van der Waals surface area (Å²) in [4.78, 5) is 33.4. The van der Waals surface area contributed by atoms with E-state index in [1.54, 1.807) is 32.6 Å². The van der Waals surface area contributed by atoms with E-state index in [1.165, 1.54) is 6.33 Å². The number of morpholine rings is 1. The number of nitrogens with zero attached hydrogens (tertiary/aromatic N) is 5. The van der Waals surface area contributed by atoms with Gasteiger partial charge in [0.1, 0.15) is 19.0 Å². The summed E-state index contributed by atoms with van der Waals surface area (Å²) in [7, 11) is 1.83. The lowest BCUT2D eigenvalue weighted by molar-refractivity contribution is -0.180. The summed E-state index contributed by atoms with van der Waals surface area (Å²) >= 11 is 0. The largest absolute Gasteiger partial charge is 0.364 e. The van der Waals surface area contributed by atoms with Crippen molar-refractivity contribution in [3.63, 3.8) is 0 Å². The summed E-state index contributed by atoms with van der Waals surface area (Å²) in [6, 6.07) is 13.5. The maximum atomic E-state index is 13.2. The van der Waals surface area contributed by atoms with Crippen LogP contribution in [0.25, 0.3) is 5.65 Å². The number of likely N-dealkylation sites (N-methyl/N-ethyl adjacent to an activating group) is 1. The minimum absolute atomic E-state index is 0.0312. The fraction of sp³-hybridized carbons (Fsp3) is 0.333. The van der Waals surface area contributed by atoms with Crippen LogP contribution in [0.4, 0.5) is 0 Å². The van der Waals surface area contributed by atoms with E-state index in [9.17, 15) is 9.59 Å². The molecule has 0 saturated carbocycles. The molecular weight excluding hydrogens is 370 g/mol. The summed E-state index contributed by atoms with van der Waals surface area (Å²) in [5.74, 6) is -0.109. The molecule has 2 fully saturated rings. The molecule has 3 aromatic rings. The van der Waals surface area contributed by atoms with Crippen molar-refractivity contribution >= 4 is 17.5 Å². The molecule has 2 aromatic heterocycles. The summed E-state index contributed by atoms with van der Waals surface area (Å²) in [5, 5.41) is 4.07. The average Bonchev–Trinajstić information content (AvgIpc) is 3.24. The standard InChI is InChI=1S/C21H21N5O3/c1-24-19(27)13-29-17-12-25(10-8-21(17,24)16-5-3-2-4-6-16)20(28)15-7-9-26-18(11-15)22-14-23-26/h2-7,9,11,14,17H,8,10,12-13H2,1H3/t17-,21+/m1/s1. The third-order valence-electron chi connectivity index (χ3n) is 6.15. The van der Waals surface area contributed by atoms with E-state index >= 15 is 0 Å². The highest BCUT2D eigenvalue weighted by atomic mass is 16.5. The SMILES string of the molecule is CN1C(=O)CO[C@@H]2CN(C(=O)c3ccn4ncnc4c3)CC[C@]21c1ccccc1. The molecule has 148 valence electrons. The molecule has 2 aliphatic rings. The summed E-state index contributed by atoms with van der Waals surface area (Å²) in [6.07, 6.45) is 3.52. The zero-order valence-electron chi connectivity index (χ0n) is 16.1. The first-order valence-electron chi connectivity index (χ1n) is 9.62. The Morgan fingerprint density at radius 1 is 1.24 bits per heavy atom. The molecule has 0 unspecified atom stereocenters. The van der Waals surface area contributed by atoms with Crippen molar-refractivity contribution in [1.29, 1.82) is 0 Å². The van der Waals surface area contributed by atoms with E-state index in [0.717, 1.165) is 5.56 Å². The lowest BCUT2D eigenvalue weighted by Gasteiger charge is -2.54. The van der Waals surface area contributed by atoms with Gasteiger partial charge in [0.15, 0.2) is 5.65 Å². The van der Waals surface area contributed by atoms with Gasteiger partial charge < -0.3 is 14.5 Å². The highest BCUT2D eigenvalue weighted by Gasteiger charge is 2.53. The van der Waals surface area contributed by atoms with Crippen LogP contribution in [0.15, 0.2) is 55.0 Å². The predicted octanol–water partition coefficient (Wildman–Crippen LogP) is 1.33. The molecule has 0 N–H and O–H groups in total. The first-order valence-corrected chi connectivity index (χ1v) is 9.62. The highest BCUT2D eigenvalue weighted by molar-refractivity contribution is 5.95. The van der Waals surface area contributed by atoms with Crippen LogP contribution < -0.4 is 0 Å². The number of carbonyl (C=O) groups is 2. The minimum Gasteiger partial charge on any atom is -0.364 e. The second-order valence-corrected chi connectivity index (χ2v) is 7.52. The Balaban J connectivity index is 1.46. The van der Waals surface area contributed by atoms with Crippen LogP contribution in [0.1, 0.15) is 22.3 Å². The Hall–Kier alpha value is -3.26. The lowest BCUT2D eigenvalue weighted by atomic mass is 9.76. The van der Waals surface area contributed by atoms with Crippen LogP contribution in [-0.4, -0.2) is 69.1 Å². The fourth-order valence-electron chi connectivity index (χ4n) is 4.54. The molecular formula is C21H21N5O3. The third kappa shape index (κ3) is 2.71. The number of benzene rings is 1. The number of fused-ring (bicyclic) bond motifs is 2. The van der Waals surface area contributed by atoms with Gasteiger partial charge in [-0.15, -0.1) is 0 Å². The Labute approximate surface area is 167 Å². The van der Waals surface area contributed by atoms with Gasteiger partial charge in [-0.3, -0.25) is 9.59 Å². The van der Waals surface area contributed by atoms with Crippen molar-refractivity contribution in [2.45, 2.75) is 18.1 Å². The van der Waals surface area contributed by atoms with Crippen LogP contribution in [0.5, 0.6) is 0 Å². The van der Waals surface area contributed by atoms with Crippen molar-refractivity contribution in [3.8, 4) is 0 Å². The fourth-order valence-corrected chi connectivity index (χ4v) is 4.54. The van der Waals surface area contributed by atoms with Crippen molar-refractivity contribution in [2.75, 3.05) is 26.7 Å². The number of pyridine rings is 1. The Kier molecular flexibility index (Phi) is 4.09. The number of amides is 2. The number of piperidine rings is 1. The summed E-state index contributed by atoms with van der Waals surface area (Å²) < 4.78 is 7.61. The van der Waals surface area contributed by atoms with Crippen molar-refractivity contribution < 1.29 is 14.3 Å². The number of hydrogen-bond acceptors (Lipinski definition) is 5. The van der Waals surface area contributed by atoms with Gasteiger partial charge in [-0.2, -0.15) is 5.10 Å².